The molecule has 0 radical (unpaired) electrons. The zero-order chi connectivity index (χ0) is 13.1. The Balaban J connectivity index is 1.67. The lowest BCUT2D eigenvalue weighted by Gasteiger charge is -2.46. The molecule has 2 aliphatic rings. The van der Waals surface area contributed by atoms with Crippen molar-refractivity contribution in [2.45, 2.75) is 51.1 Å². The first kappa shape index (κ1) is 13.1. The van der Waals surface area contributed by atoms with E-state index < -0.39 is 0 Å². The lowest BCUT2D eigenvalue weighted by Crippen LogP contribution is -2.60. The highest BCUT2D eigenvalue weighted by atomic mass is 15.2. The molecule has 1 aromatic rings. The van der Waals surface area contributed by atoms with Gasteiger partial charge in [-0.25, -0.2) is 0 Å². The van der Waals surface area contributed by atoms with Crippen LogP contribution in [0.3, 0.4) is 0 Å². The van der Waals surface area contributed by atoms with Crippen molar-refractivity contribution >= 4 is 0 Å². The average Bonchev–Trinajstić information content (AvgIpc) is 2.42. The highest BCUT2D eigenvalue weighted by Crippen LogP contribution is 2.31. The largest absolute Gasteiger partial charge is 0.309 e. The van der Waals surface area contributed by atoms with E-state index in [-0.39, 0.29) is 0 Å². The smallest absolute Gasteiger partial charge is 0.0315 e. The van der Waals surface area contributed by atoms with Crippen molar-refractivity contribution in [2.75, 3.05) is 19.6 Å². The van der Waals surface area contributed by atoms with Crippen molar-refractivity contribution in [3.8, 4) is 0 Å². The maximum Gasteiger partial charge on any atom is 0.0315 e. The Kier molecular flexibility index (Phi) is 3.85. The third kappa shape index (κ3) is 2.98. The molecule has 19 heavy (non-hydrogen) atoms. The predicted octanol–water partition coefficient (Wildman–Crippen LogP) is 2.50. The van der Waals surface area contributed by atoms with Gasteiger partial charge in [-0.15, -0.1) is 0 Å². The Morgan fingerprint density at radius 2 is 2.16 bits per heavy atom. The topological polar surface area (TPSA) is 28.2 Å². The van der Waals surface area contributed by atoms with E-state index >= 15 is 0 Å². The van der Waals surface area contributed by atoms with Gasteiger partial charge in [-0.05, 0) is 37.0 Å². The van der Waals surface area contributed by atoms with E-state index in [2.05, 4.69) is 28.2 Å². The van der Waals surface area contributed by atoms with Gasteiger partial charge < -0.3 is 5.32 Å². The Labute approximate surface area is 116 Å². The van der Waals surface area contributed by atoms with Crippen molar-refractivity contribution in [3.63, 3.8) is 0 Å². The number of aromatic nitrogens is 1. The summed E-state index contributed by atoms with van der Waals surface area (Å²) in [7, 11) is 0. The Bertz CT molecular complexity index is 418. The molecule has 3 rings (SSSR count). The SMILES string of the molecule is Cc1ccncc1CN1CCNC2(CCCCC2)C1. The van der Waals surface area contributed by atoms with E-state index in [0.717, 1.165) is 19.6 Å². The van der Waals surface area contributed by atoms with Crippen molar-refractivity contribution < 1.29 is 0 Å². The molecule has 1 N–H and O–H groups in total. The maximum absolute atomic E-state index is 4.27. The molecule has 1 saturated carbocycles. The standard InChI is InChI=1S/C16H25N3/c1-14-5-8-17-11-15(14)12-19-10-9-18-16(13-19)6-3-2-4-7-16/h5,8,11,18H,2-4,6-7,9-10,12-13H2,1H3. The zero-order valence-electron chi connectivity index (χ0n) is 12.0. The van der Waals surface area contributed by atoms with E-state index in [0.29, 0.717) is 5.54 Å². The van der Waals surface area contributed by atoms with Crippen LogP contribution in [0.5, 0.6) is 0 Å². The van der Waals surface area contributed by atoms with E-state index in [4.69, 9.17) is 0 Å². The summed E-state index contributed by atoms with van der Waals surface area (Å²) in [5.41, 5.74) is 3.16. The fourth-order valence-electron chi connectivity index (χ4n) is 3.64. The molecular formula is C16H25N3. The summed E-state index contributed by atoms with van der Waals surface area (Å²) in [6.07, 6.45) is 10.8. The van der Waals surface area contributed by atoms with Gasteiger partial charge in [-0.1, -0.05) is 19.3 Å². The summed E-state index contributed by atoms with van der Waals surface area (Å²) < 4.78 is 0. The number of rotatable bonds is 2. The lowest BCUT2D eigenvalue weighted by molar-refractivity contribution is 0.0943. The molecule has 0 amide bonds. The first-order valence-corrected chi connectivity index (χ1v) is 7.64. The van der Waals surface area contributed by atoms with Gasteiger partial charge in [0.1, 0.15) is 0 Å². The van der Waals surface area contributed by atoms with Gasteiger partial charge in [-0.3, -0.25) is 9.88 Å². The molecule has 3 nitrogen and oxygen atoms in total. The van der Waals surface area contributed by atoms with Gasteiger partial charge in [-0.2, -0.15) is 0 Å². The number of nitrogens with zero attached hydrogens (tertiary/aromatic N) is 2. The second-order valence-electron chi connectivity index (χ2n) is 6.28. The molecule has 3 heteroatoms. The molecule has 1 aliphatic carbocycles. The normalized spacial score (nSPS) is 23.6. The second-order valence-corrected chi connectivity index (χ2v) is 6.28. The van der Waals surface area contributed by atoms with Crippen LogP contribution >= 0.6 is 0 Å². The molecule has 2 fully saturated rings. The van der Waals surface area contributed by atoms with Crippen LogP contribution in [0.1, 0.15) is 43.2 Å². The minimum atomic E-state index is 0.409. The molecule has 1 aliphatic heterocycles. The highest BCUT2D eigenvalue weighted by molar-refractivity contribution is 5.21. The molecular weight excluding hydrogens is 234 g/mol. The first-order chi connectivity index (χ1) is 9.27. The number of piperazine rings is 1. The number of nitrogens with one attached hydrogen (secondary N) is 1. The fraction of sp³-hybridized carbons (Fsp3) is 0.688. The van der Waals surface area contributed by atoms with Crippen LogP contribution in [0, 0.1) is 6.92 Å². The van der Waals surface area contributed by atoms with E-state index in [1.165, 1.54) is 49.8 Å². The molecule has 0 atom stereocenters. The Hall–Kier alpha value is -0.930. The van der Waals surface area contributed by atoms with E-state index in [9.17, 15) is 0 Å². The van der Waals surface area contributed by atoms with E-state index in [1.807, 2.05) is 12.4 Å². The van der Waals surface area contributed by atoms with Crippen LogP contribution < -0.4 is 5.32 Å². The van der Waals surface area contributed by atoms with Gasteiger partial charge in [0.15, 0.2) is 0 Å². The van der Waals surface area contributed by atoms with Gasteiger partial charge in [0.05, 0.1) is 0 Å². The lowest BCUT2D eigenvalue weighted by atomic mass is 9.80. The van der Waals surface area contributed by atoms with Crippen molar-refractivity contribution in [3.05, 3.63) is 29.6 Å². The molecule has 2 heterocycles. The van der Waals surface area contributed by atoms with Crippen LogP contribution in [-0.4, -0.2) is 35.1 Å². The molecule has 0 bridgehead atoms. The first-order valence-electron chi connectivity index (χ1n) is 7.64. The third-order valence-electron chi connectivity index (χ3n) is 4.81. The zero-order valence-corrected chi connectivity index (χ0v) is 12.0. The molecule has 1 spiro atoms. The summed E-state index contributed by atoms with van der Waals surface area (Å²) in [6.45, 7) is 6.76. The summed E-state index contributed by atoms with van der Waals surface area (Å²) in [4.78, 5) is 6.89. The summed E-state index contributed by atoms with van der Waals surface area (Å²) in [6, 6.07) is 2.12. The van der Waals surface area contributed by atoms with Crippen LogP contribution in [-0.2, 0) is 6.54 Å². The fourth-order valence-corrected chi connectivity index (χ4v) is 3.64. The quantitative estimate of drug-likeness (QED) is 0.884. The molecule has 0 unspecified atom stereocenters. The predicted molar refractivity (Wildman–Crippen MR) is 78.1 cm³/mol. The molecule has 0 aromatic carbocycles. The van der Waals surface area contributed by atoms with Gasteiger partial charge in [0.25, 0.3) is 0 Å². The summed E-state index contributed by atoms with van der Waals surface area (Å²) in [5.74, 6) is 0. The average molecular weight is 259 g/mol. The maximum atomic E-state index is 4.27. The van der Waals surface area contributed by atoms with Crippen LogP contribution in [0.15, 0.2) is 18.5 Å². The number of aryl methyl sites for hydroxylation is 1. The number of hydrogen-bond donors (Lipinski definition) is 1. The van der Waals surface area contributed by atoms with Crippen molar-refractivity contribution in [1.82, 2.24) is 15.2 Å². The van der Waals surface area contributed by atoms with Crippen molar-refractivity contribution in [2.24, 2.45) is 0 Å². The van der Waals surface area contributed by atoms with Crippen molar-refractivity contribution in [1.29, 1.82) is 0 Å². The summed E-state index contributed by atoms with van der Waals surface area (Å²) in [5, 5.41) is 3.81. The Morgan fingerprint density at radius 1 is 1.32 bits per heavy atom. The van der Waals surface area contributed by atoms with Gasteiger partial charge in [0.2, 0.25) is 0 Å². The highest BCUT2D eigenvalue weighted by Gasteiger charge is 2.35. The molecule has 1 saturated heterocycles. The minimum absolute atomic E-state index is 0.409. The summed E-state index contributed by atoms with van der Waals surface area (Å²) >= 11 is 0. The monoisotopic (exact) mass is 259 g/mol. The van der Waals surface area contributed by atoms with Crippen LogP contribution in [0.25, 0.3) is 0 Å². The molecule has 1 aromatic heterocycles. The number of pyridine rings is 1. The van der Waals surface area contributed by atoms with Gasteiger partial charge >= 0.3 is 0 Å². The minimum Gasteiger partial charge on any atom is -0.309 e. The second kappa shape index (κ2) is 5.59. The third-order valence-corrected chi connectivity index (χ3v) is 4.81. The van der Waals surface area contributed by atoms with E-state index in [1.54, 1.807) is 0 Å². The Morgan fingerprint density at radius 3 is 2.95 bits per heavy atom. The van der Waals surface area contributed by atoms with Crippen LogP contribution in [0.2, 0.25) is 0 Å². The molecule has 104 valence electrons. The van der Waals surface area contributed by atoms with Gasteiger partial charge in [0, 0.05) is 44.1 Å². The van der Waals surface area contributed by atoms with Crippen LogP contribution in [0.4, 0.5) is 0 Å². The number of hydrogen-bond acceptors (Lipinski definition) is 3.